The average Bonchev–Trinajstić information content (AvgIpc) is 2.65. The first kappa shape index (κ1) is 18.7. The zero-order valence-electron chi connectivity index (χ0n) is 15.9. The molecule has 0 aliphatic heterocycles. The molecule has 0 N–H and O–H groups in total. The second-order valence-electron chi connectivity index (χ2n) is 7.08. The first-order valence-corrected chi connectivity index (χ1v) is 9.14. The van der Waals surface area contributed by atoms with Crippen molar-refractivity contribution in [2.75, 3.05) is 0 Å². The van der Waals surface area contributed by atoms with E-state index in [2.05, 4.69) is 26.0 Å². The van der Waals surface area contributed by atoms with Gasteiger partial charge in [-0.15, -0.1) is 0 Å². The van der Waals surface area contributed by atoms with Crippen LogP contribution in [-0.4, -0.2) is 6.29 Å². The second-order valence-corrected chi connectivity index (χ2v) is 7.08. The van der Waals surface area contributed by atoms with E-state index in [9.17, 15) is 4.79 Å². The smallest absolute Gasteiger partial charge is 0.153 e. The van der Waals surface area contributed by atoms with Crippen molar-refractivity contribution in [3.8, 4) is 23.0 Å². The summed E-state index contributed by atoms with van der Waals surface area (Å²) in [5.41, 5.74) is 2.92. The maximum atomic E-state index is 11.3. The number of aldehydes is 1. The Morgan fingerprint density at radius 3 is 2.04 bits per heavy atom. The Hall–Kier alpha value is -3.07. The number of ether oxygens (including phenoxy) is 2. The lowest BCUT2D eigenvalue weighted by molar-refractivity contribution is 0.112. The van der Waals surface area contributed by atoms with Gasteiger partial charge in [0.15, 0.2) is 6.29 Å². The lowest BCUT2D eigenvalue weighted by atomic mass is 10.0. The highest BCUT2D eigenvalue weighted by Crippen LogP contribution is 2.31. The van der Waals surface area contributed by atoms with Crippen LogP contribution in [0.15, 0.2) is 66.7 Å². The van der Waals surface area contributed by atoms with Crippen LogP contribution in [0.3, 0.4) is 0 Å². The van der Waals surface area contributed by atoms with Crippen molar-refractivity contribution in [2.45, 2.75) is 27.2 Å². The molecule has 138 valence electrons. The van der Waals surface area contributed by atoms with Gasteiger partial charge in [-0.05, 0) is 61.2 Å². The molecule has 3 aromatic carbocycles. The van der Waals surface area contributed by atoms with Crippen LogP contribution in [0.4, 0.5) is 0 Å². The summed E-state index contributed by atoms with van der Waals surface area (Å²) in [5.74, 6) is 3.15. The molecule has 0 aliphatic carbocycles. The Morgan fingerprint density at radius 2 is 1.41 bits per heavy atom. The topological polar surface area (TPSA) is 35.5 Å². The molecule has 0 heterocycles. The van der Waals surface area contributed by atoms with E-state index in [1.165, 1.54) is 5.56 Å². The molecule has 0 aromatic heterocycles. The van der Waals surface area contributed by atoms with Gasteiger partial charge in [-0.25, -0.2) is 0 Å². The molecule has 3 nitrogen and oxygen atoms in total. The van der Waals surface area contributed by atoms with Crippen LogP contribution in [0, 0.1) is 12.8 Å². The molecule has 0 amide bonds. The summed E-state index contributed by atoms with van der Waals surface area (Å²) in [6, 6.07) is 21.0. The molecule has 27 heavy (non-hydrogen) atoms. The van der Waals surface area contributed by atoms with Crippen LogP contribution in [0.2, 0.25) is 0 Å². The van der Waals surface area contributed by atoms with Crippen molar-refractivity contribution in [2.24, 2.45) is 5.92 Å². The molecule has 3 aromatic rings. The summed E-state index contributed by atoms with van der Waals surface area (Å²) in [6.07, 6.45) is 1.83. The Morgan fingerprint density at radius 1 is 0.815 bits per heavy atom. The highest BCUT2D eigenvalue weighted by atomic mass is 16.5. The van der Waals surface area contributed by atoms with Crippen LogP contribution in [-0.2, 0) is 6.42 Å². The Kier molecular flexibility index (Phi) is 5.92. The zero-order valence-corrected chi connectivity index (χ0v) is 15.9. The fraction of sp³-hybridized carbons (Fsp3) is 0.208. The van der Waals surface area contributed by atoms with Gasteiger partial charge in [-0.3, -0.25) is 4.79 Å². The number of hydrogen-bond acceptors (Lipinski definition) is 3. The second kappa shape index (κ2) is 8.54. The van der Waals surface area contributed by atoms with Gasteiger partial charge in [0.1, 0.15) is 23.0 Å². The van der Waals surface area contributed by atoms with Crippen LogP contribution in [0.1, 0.15) is 35.3 Å². The number of carbonyl (C=O) groups excluding carboxylic acids is 1. The van der Waals surface area contributed by atoms with E-state index in [1.54, 1.807) is 18.2 Å². The highest BCUT2D eigenvalue weighted by molar-refractivity contribution is 5.80. The van der Waals surface area contributed by atoms with Gasteiger partial charge in [0.2, 0.25) is 0 Å². The van der Waals surface area contributed by atoms with Crippen molar-refractivity contribution in [1.82, 2.24) is 0 Å². The SMILES string of the molecule is Cc1ccc(Oc2cc(Oc3ccc(CC(C)C)cc3)ccc2C=O)cc1. The average molecular weight is 360 g/mol. The van der Waals surface area contributed by atoms with E-state index in [-0.39, 0.29) is 0 Å². The van der Waals surface area contributed by atoms with Crippen molar-refractivity contribution >= 4 is 6.29 Å². The molecule has 0 atom stereocenters. The fourth-order valence-corrected chi connectivity index (χ4v) is 2.80. The van der Waals surface area contributed by atoms with Crippen LogP contribution < -0.4 is 9.47 Å². The van der Waals surface area contributed by atoms with Crippen molar-refractivity contribution in [3.63, 3.8) is 0 Å². The first-order valence-electron chi connectivity index (χ1n) is 9.14. The standard InChI is InChI=1S/C24H24O3/c1-17(2)14-19-6-11-21(12-7-19)26-23-13-8-20(16-25)24(15-23)27-22-9-4-18(3)5-10-22/h4-13,15-17H,14H2,1-3H3. The molecule has 0 bridgehead atoms. The number of benzene rings is 3. The molecule has 0 radical (unpaired) electrons. The van der Waals surface area contributed by atoms with E-state index >= 15 is 0 Å². The van der Waals surface area contributed by atoms with Crippen molar-refractivity contribution in [1.29, 1.82) is 0 Å². The van der Waals surface area contributed by atoms with Gasteiger partial charge in [0.05, 0.1) is 5.56 Å². The number of rotatable bonds is 7. The molecule has 3 rings (SSSR count). The molecule has 3 heteroatoms. The third-order valence-corrected chi connectivity index (χ3v) is 4.16. The Bertz CT molecular complexity index is 894. The van der Waals surface area contributed by atoms with Gasteiger partial charge in [-0.1, -0.05) is 43.7 Å². The lowest BCUT2D eigenvalue weighted by Crippen LogP contribution is -1.94. The minimum atomic E-state index is 0.475. The van der Waals surface area contributed by atoms with Crippen LogP contribution >= 0.6 is 0 Å². The lowest BCUT2D eigenvalue weighted by Gasteiger charge is -2.12. The van der Waals surface area contributed by atoms with E-state index in [4.69, 9.17) is 9.47 Å². The number of hydrogen-bond donors (Lipinski definition) is 0. The van der Waals surface area contributed by atoms with Gasteiger partial charge in [0.25, 0.3) is 0 Å². The summed E-state index contributed by atoms with van der Waals surface area (Å²) >= 11 is 0. The van der Waals surface area contributed by atoms with E-state index in [1.807, 2.05) is 43.3 Å². The van der Waals surface area contributed by atoms with Crippen LogP contribution in [0.25, 0.3) is 0 Å². The Balaban J connectivity index is 1.78. The van der Waals surface area contributed by atoms with Crippen LogP contribution in [0.5, 0.6) is 23.0 Å². The van der Waals surface area contributed by atoms with Gasteiger partial charge < -0.3 is 9.47 Å². The fourth-order valence-electron chi connectivity index (χ4n) is 2.80. The maximum absolute atomic E-state index is 11.3. The van der Waals surface area contributed by atoms with E-state index in [0.29, 0.717) is 28.7 Å². The summed E-state index contributed by atoms with van der Waals surface area (Å²) in [7, 11) is 0. The molecule has 0 spiro atoms. The monoisotopic (exact) mass is 360 g/mol. The van der Waals surface area contributed by atoms with Gasteiger partial charge in [0, 0.05) is 6.07 Å². The van der Waals surface area contributed by atoms with E-state index < -0.39 is 0 Å². The van der Waals surface area contributed by atoms with Crippen molar-refractivity contribution < 1.29 is 14.3 Å². The normalized spacial score (nSPS) is 10.7. The summed E-state index contributed by atoms with van der Waals surface area (Å²) in [5, 5.41) is 0. The molecule has 0 fully saturated rings. The quantitative estimate of drug-likeness (QED) is 0.446. The molecule has 0 unspecified atom stereocenters. The molecular weight excluding hydrogens is 336 g/mol. The first-order chi connectivity index (χ1) is 13.0. The molecule has 0 saturated carbocycles. The maximum Gasteiger partial charge on any atom is 0.153 e. The summed E-state index contributed by atoms with van der Waals surface area (Å²) < 4.78 is 11.8. The minimum Gasteiger partial charge on any atom is -0.457 e. The van der Waals surface area contributed by atoms with E-state index in [0.717, 1.165) is 24.0 Å². The summed E-state index contributed by atoms with van der Waals surface area (Å²) in [4.78, 5) is 11.3. The third kappa shape index (κ3) is 5.20. The predicted octanol–water partition coefficient (Wildman–Crippen LogP) is 6.59. The van der Waals surface area contributed by atoms with Gasteiger partial charge in [-0.2, -0.15) is 0 Å². The molecule has 0 aliphatic rings. The number of aryl methyl sites for hydroxylation is 1. The third-order valence-electron chi connectivity index (χ3n) is 4.16. The number of carbonyl (C=O) groups is 1. The van der Waals surface area contributed by atoms with Crippen molar-refractivity contribution in [3.05, 3.63) is 83.4 Å². The highest BCUT2D eigenvalue weighted by Gasteiger charge is 2.08. The minimum absolute atomic E-state index is 0.475. The summed E-state index contributed by atoms with van der Waals surface area (Å²) in [6.45, 7) is 6.42. The molecular formula is C24H24O3. The largest absolute Gasteiger partial charge is 0.457 e. The molecule has 0 saturated heterocycles. The van der Waals surface area contributed by atoms with Gasteiger partial charge >= 0.3 is 0 Å². The predicted molar refractivity (Wildman–Crippen MR) is 108 cm³/mol. The Labute approximate surface area is 160 Å². The zero-order chi connectivity index (χ0) is 19.2.